The van der Waals surface area contributed by atoms with Crippen LogP contribution in [0.2, 0.25) is 0 Å². The van der Waals surface area contributed by atoms with Gasteiger partial charge in [-0.15, -0.1) is 0 Å². The Morgan fingerprint density at radius 1 is 1.27 bits per heavy atom. The summed E-state index contributed by atoms with van der Waals surface area (Å²) in [6.45, 7) is 6.67. The van der Waals surface area contributed by atoms with E-state index in [9.17, 15) is 4.79 Å². The Hall–Kier alpha value is -0.650. The van der Waals surface area contributed by atoms with Gasteiger partial charge in [-0.2, -0.15) is 0 Å². The Kier molecular flexibility index (Phi) is 9.46. The van der Waals surface area contributed by atoms with Crippen LogP contribution < -0.4 is 10.6 Å². The molecule has 0 aromatic carbocycles. The molecule has 0 bridgehead atoms. The fourth-order valence-electron chi connectivity index (χ4n) is 0.924. The maximum atomic E-state index is 11.2. The summed E-state index contributed by atoms with van der Waals surface area (Å²) in [4.78, 5) is 11.2. The molecule has 2 N–H and O–H groups in total. The highest BCUT2D eigenvalue weighted by atomic mass is 16.5. The smallest absolute Gasteiger partial charge is 0.234 e. The highest BCUT2D eigenvalue weighted by molar-refractivity contribution is 5.77. The van der Waals surface area contributed by atoms with Crippen molar-refractivity contribution in [2.75, 3.05) is 40.0 Å². The number of ether oxygens (including phenoxy) is 2. The van der Waals surface area contributed by atoms with Crippen LogP contribution >= 0.6 is 0 Å². The SMILES string of the molecule is COCCNCC(=O)NCCOC(C)C. The molecule has 0 radical (unpaired) electrons. The Labute approximate surface area is 91.5 Å². The number of carbonyl (C=O) groups is 1. The number of hydrogen-bond acceptors (Lipinski definition) is 4. The highest BCUT2D eigenvalue weighted by Gasteiger charge is 1.99. The van der Waals surface area contributed by atoms with E-state index >= 15 is 0 Å². The molecule has 5 nitrogen and oxygen atoms in total. The van der Waals surface area contributed by atoms with Crippen molar-refractivity contribution in [2.24, 2.45) is 0 Å². The predicted octanol–water partition coefficient (Wildman–Crippen LogP) is -0.236. The molecule has 0 rings (SSSR count). The minimum absolute atomic E-state index is 0.0153. The lowest BCUT2D eigenvalue weighted by molar-refractivity contribution is -0.120. The van der Waals surface area contributed by atoms with Gasteiger partial charge in [0.1, 0.15) is 0 Å². The summed E-state index contributed by atoms with van der Waals surface area (Å²) in [5.41, 5.74) is 0. The van der Waals surface area contributed by atoms with Crippen LogP contribution in [-0.4, -0.2) is 52.0 Å². The third-order valence-corrected chi connectivity index (χ3v) is 1.64. The van der Waals surface area contributed by atoms with Gasteiger partial charge >= 0.3 is 0 Å². The first-order chi connectivity index (χ1) is 7.16. The predicted molar refractivity (Wildman–Crippen MR) is 58.8 cm³/mol. The lowest BCUT2D eigenvalue weighted by atomic mass is 10.5. The van der Waals surface area contributed by atoms with Gasteiger partial charge in [0.15, 0.2) is 0 Å². The van der Waals surface area contributed by atoms with Crippen LogP contribution in [0.3, 0.4) is 0 Å². The largest absolute Gasteiger partial charge is 0.383 e. The molecule has 0 fully saturated rings. The first-order valence-corrected chi connectivity index (χ1v) is 5.24. The monoisotopic (exact) mass is 218 g/mol. The molecule has 0 unspecified atom stereocenters. The van der Waals surface area contributed by atoms with E-state index in [1.165, 1.54) is 0 Å². The van der Waals surface area contributed by atoms with Gasteiger partial charge in [-0.3, -0.25) is 4.79 Å². The summed E-state index contributed by atoms with van der Waals surface area (Å²) >= 11 is 0. The van der Waals surface area contributed by atoms with Crippen LogP contribution in [0.1, 0.15) is 13.8 Å². The number of amides is 1. The maximum absolute atomic E-state index is 11.2. The highest BCUT2D eigenvalue weighted by Crippen LogP contribution is 1.84. The van der Waals surface area contributed by atoms with E-state index in [4.69, 9.17) is 9.47 Å². The first kappa shape index (κ1) is 14.3. The fraction of sp³-hybridized carbons (Fsp3) is 0.900. The van der Waals surface area contributed by atoms with Crippen molar-refractivity contribution in [3.05, 3.63) is 0 Å². The summed E-state index contributed by atoms with van der Waals surface area (Å²) in [7, 11) is 1.63. The minimum atomic E-state index is -0.0153. The molecule has 90 valence electrons. The van der Waals surface area contributed by atoms with Gasteiger partial charge < -0.3 is 20.1 Å². The fourth-order valence-corrected chi connectivity index (χ4v) is 0.924. The number of nitrogens with one attached hydrogen (secondary N) is 2. The molecule has 0 heterocycles. The lowest BCUT2D eigenvalue weighted by Gasteiger charge is -2.09. The number of methoxy groups -OCH3 is 1. The van der Waals surface area contributed by atoms with E-state index in [1.54, 1.807) is 7.11 Å². The Bertz CT molecular complexity index is 163. The molecular formula is C10H22N2O3. The summed E-state index contributed by atoms with van der Waals surface area (Å²) in [5.74, 6) is -0.0153. The Morgan fingerprint density at radius 3 is 2.60 bits per heavy atom. The van der Waals surface area contributed by atoms with Gasteiger partial charge in [0.25, 0.3) is 0 Å². The van der Waals surface area contributed by atoms with Crippen LogP contribution in [0.25, 0.3) is 0 Å². The molecule has 0 aliphatic carbocycles. The Balaban J connectivity index is 3.19. The summed E-state index contributed by atoms with van der Waals surface area (Å²) in [6.07, 6.45) is 0.210. The average molecular weight is 218 g/mol. The van der Waals surface area contributed by atoms with Gasteiger partial charge in [0.2, 0.25) is 5.91 Å². The molecule has 0 atom stereocenters. The third-order valence-electron chi connectivity index (χ3n) is 1.64. The zero-order valence-corrected chi connectivity index (χ0v) is 9.84. The first-order valence-electron chi connectivity index (χ1n) is 5.24. The van der Waals surface area contributed by atoms with Crippen molar-refractivity contribution in [1.29, 1.82) is 0 Å². The van der Waals surface area contributed by atoms with Crippen LogP contribution in [0.15, 0.2) is 0 Å². The minimum Gasteiger partial charge on any atom is -0.383 e. The molecule has 0 aliphatic rings. The second kappa shape index (κ2) is 9.89. The van der Waals surface area contributed by atoms with Crippen molar-refractivity contribution in [1.82, 2.24) is 10.6 Å². The van der Waals surface area contributed by atoms with Crippen LogP contribution in [-0.2, 0) is 14.3 Å². The Morgan fingerprint density at radius 2 is 2.00 bits per heavy atom. The average Bonchev–Trinajstić information content (AvgIpc) is 2.19. The zero-order valence-electron chi connectivity index (χ0n) is 9.84. The molecule has 0 spiro atoms. The van der Waals surface area contributed by atoms with E-state index < -0.39 is 0 Å². The van der Waals surface area contributed by atoms with Crippen LogP contribution in [0, 0.1) is 0 Å². The quantitative estimate of drug-likeness (QED) is 0.525. The van der Waals surface area contributed by atoms with Gasteiger partial charge in [-0.05, 0) is 13.8 Å². The van der Waals surface area contributed by atoms with Crippen LogP contribution in [0.4, 0.5) is 0 Å². The second-order valence-electron chi connectivity index (χ2n) is 3.44. The summed E-state index contributed by atoms with van der Waals surface area (Å²) < 4.78 is 10.1. The second-order valence-corrected chi connectivity index (χ2v) is 3.44. The van der Waals surface area contributed by atoms with Crippen molar-refractivity contribution < 1.29 is 14.3 Å². The number of hydrogen-bond donors (Lipinski definition) is 2. The molecule has 0 aromatic heterocycles. The molecule has 0 aromatic rings. The van der Waals surface area contributed by atoms with E-state index in [0.717, 1.165) is 0 Å². The van der Waals surface area contributed by atoms with Crippen molar-refractivity contribution in [2.45, 2.75) is 20.0 Å². The van der Waals surface area contributed by atoms with Crippen molar-refractivity contribution >= 4 is 5.91 Å². The van der Waals surface area contributed by atoms with Gasteiger partial charge in [0, 0.05) is 20.2 Å². The molecule has 0 aliphatic heterocycles. The van der Waals surface area contributed by atoms with E-state index in [0.29, 0.717) is 32.8 Å². The maximum Gasteiger partial charge on any atom is 0.234 e. The van der Waals surface area contributed by atoms with E-state index in [2.05, 4.69) is 10.6 Å². The number of rotatable bonds is 9. The van der Waals surface area contributed by atoms with Gasteiger partial charge in [-0.25, -0.2) is 0 Å². The molecule has 1 amide bonds. The van der Waals surface area contributed by atoms with Crippen LogP contribution in [0.5, 0.6) is 0 Å². The van der Waals surface area contributed by atoms with Gasteiger partial charge in [-0.1, -0.05) is 0 Å². The molecule has 0 saturated heterocycles. The number of carbonyl (C=O) groups excluding carboxylic acids is 1. The van der Waals surface area contributed by atoms with E-state index in [-0.39, 0.29) is 12.0 Å². The van der Waals surface area contributed by atoms with E-state index in [1.807, 2.05) is 13.8 Å². The van der Waals surface area contributed by atoms with Gasteiger partial charge in [0.05, 0.1) is 25.9 Å². The molecular weight excluding hydrogens is 196 g/mol. The van der Waals surface area contributed by atoms with Crippen molar-refractivity contribution in [3.8, 4) is 0 Å². The standard InChI is InChI=1S/C10H22N2O3/c1-9(2)15-7-5-12-10(13)8-11-4-6-14-3/h9,11H,4-8H2,1-3H3,(H,12,13). The molecule has 5 heteroatoms. The third kappa shape index (κ3) is 11.3. The normalized spacial score (nSPS) is 10.7. The summed E-state index contributed by atoms with van der Waals surface area (Å²) in [5, 5.41) is 5.71. The molecule has 0 saturated carbocycles. The van der Waals surface area contributed by atoms with Crippen molar-refractivity contribution in [3.63, 3.8) is 0 Å². The topological polar surface area (TPSA) is 59.6 Å². The lowest BCUT2D eigenvalue weighted by Crippen LogP contribution is -2.36. The summed E-state index contributed by atoms with van der Waals surface area (Å²) in [6, 6.07) is 0. The zero-order chi connectivity index (χ0) is 11.5. The molecule has 15 heavy (non-hydrogen) atoms.